The number of rotatable bonds is 6. The number of sulfonamides is 1. The Morgan fingerprint density at radius 1 is 1.09 bits per heavy atom. The number of thiophene rings is 1. The zero-order chi connectivity index (χ0) is 22.9. The summed E-state index contributed by atoms with van der Waals surface area (Å²) >= 11 is 1.15. The highest BCUT2D eigenvalue weighted by Crippen LogP contribution is 2.39. The molecule has 10 heteroatoms. The van der Waals surface area contributed by atoms with E-state index in [-0.39, 0.29) is 12.2 Å². The van der Waals surface area contributed by atoms with E-state index in [4.69, 9.17) is 9.47 Å². The van der Waals surface area contributed by atoms with Crippen LogP contribution in [0.3, 0.4) is 0 Å². The quantitative estimate of drug-likeness (QED) is 0.534. The van der Waals surface area contributed by atoms with Gasteiger partial charge in [-0.2, -0.15) is 0 Å². The largest absolute Gasteiger partial charge is 0.493 e. The van der Waals surface area contributed by atoms with Crippen LogP contribution in [0.5, 0.6) is 11.5 Å². The first-order valence-electron chi connectivity index (χ1n) is 9.43. The standard InChI is InChI=1S/C22H19FN2O5S2/c1-29-18-7-6-16(11-19(18)30-2)24-12-20-21(26)22-17(8-9-31-22)25(32(20,27)28)13-14-4-3-5-15(23)10-14/h3-12,24H,13H2,1-2H3. The normalized spacial score (nSPS) is 16.0. The van der Waals surface area contributed by atoms with E-state index in [1.165, 1.54) is 38.6 Å². The number of nitrogens with zero attached hydrogens (tertiary/aromatic N) is 1. The van der Waals surface area contributed by atoms with Crippen LogP contribution in [0.2, 0.25) is 0 Å². The van der Waals surface area contributed by atoms with E-state index in [1.54, 1.807) is 35.7 Å². The van der Waals surface area contributed by atoms with Gasteiger partial charge in [0.1, 0.15) is 10.7 Å². The van der Waals surface area contributed by atoms with Crippen molar-refractivity contribution in [2.45, 2.75) is 6.54 Å². The highest BCUT2D eigenvalue weighted by atomic mass is 32.2. The molecule has 1 aromatic heterocycles. The number of benzene rings is 2. The number of carbonyl (C=O) groups excluding carboxylic acids is 1. The first-order valence-corrected chi connectivity index (χ1v) is 11.7. The molecule has 0 saturated carbocycles. The average Bonchev–Trinajstić information content (AvgIpc) is 3.26. The van der Waals surface area contributed by atoms with Crippen LogP contribution in [0.15, 0.2) is 65.0 Å². The predicted molar refractivity (Wildman–Crippen MR) is 121 cm³/mol. The molecular formula is C22H19FN2O5S2. The Morgan fingerprint density at radius 2 is 1.88 bits per heavy atom. The monoisotopic (exact) mass is 474 g/mol. The lowest BCUT2D eigenvalue weighted by Gasteiger charge is -2.29. The molecule has 3 aromatic rings. The molecule has 0 atom stereocenters. The molecule has 2 heterocycles. The molecule has 166 valence electrons. The SMILES string of the molecule is COc1ccc(NC=C2C(=O)c3sccc3N(Cc3cccc(F)c3)S2(=O)=O)cc1OC. The summed E-state index contributed by atoms with van der Waals surface area (Å²) in [5.41, 5.74) is 1.26. The molecule has 0 amide bonds. The minimum Gasteiger partial charge on any atom is -0.493 e. The number of ether oxygens (including phenoxy) is 2. The molecule has 0 fully saturated rings. The number of carbonyl (C=O) groups is 1. The second kappa shape index (κ2) is 8.64. The maximum atomic E-state index is 13.7. The van der Waals surface area contributed by atoms with Crippen molar-refractivity contribution in [3.05, 3.63) is 81.3 Å². The number of nitrogens with one attached hydrogen (secondary N) is 1. The lowest BCUT2D eigenvalue weighted by Crippen LogP contribution is -2.38. The van der Waals surface area contributed by atoms with E-state index in [2.05, 4.69) is 5.32 Å². The summed E-state index contributed by atoms with van der Waals surface area (Å²) in [6.45, 7) is -0.106. The van der Waals surface area contributed by atoms with Crippen LogP contribution in [-0.4, -0.2) is 28.4 Å². The first kappa shape index (κ1) is 21.8. The highest BCUT2D eigenvalue weighted by molar-refractivity contribution is 7.97. The highest BCUT2D eigenvalue weighted by Gasteiger charge is 2.41. The van der Waals surface area contributed by atoms with Crippen molar-refractivity contribution in [2.75, 3.05) is 23.8 Å². The second-order valence-corrected chi connectivity index (χ2v) is 9.58. The van der Waals surface area contributed by atoms with Crippen LogP contribution in [0, 0.1) is 5.82 Å². The Bertz CT molecular complexity index is 1320. The Hall–Kier alpha value is -3.37. The number of hydrogen-bond donors (Lipinski definition) is 1. The van der Waals surface area contributed by atoms with Gasteiger partial charge in [-0.05, 0) is 41.3 Å². The summed E-state index contributed by atoms with van der Waals surface area (Å²) in [5.74, 6) is -0.110. The van der Waals surface area contributed by atoms with Gasteiger partial charge in [-0.1, -0.05) is 12.1 Å². The van der Waals surface area contributed by atoms with Crippen LogP contribution in [0.4, 0.5) is 15.8 Å². The summed E-state index contributed by atoms with van der Waals surface area (Å²) in [7, 11) is -1.21. The van der Waals surface area contributed by atoms with E-state index in [9.17, 15) is 17.6 Å². The Kier molecular flexibility index (Phi) is 5.90. The molecule has 0 saturated heterocycles. The third-order valence-corrected chi connectivity index (χ3v) is 7.55. The van der Waals surface area contributed by atoms with Gasteiger partial charge in [0.25, 0.3) is 10.0 Å². The summed E-state index contributed by atoms with van der Waals surface area (Å²) in [4.78, 5) is 12.9. The van der Waals surface area contributed by atoms with E-state index in [0.29, 0.717) is 27.6 Å². The van der Waals surface area contributed by atoms with Crippen LogP contribution < -0.4 is 19.1 Å². The Morgan fingerprint density at radius 3 is 2.59 bits per heavy atom. The van der Waals surface area contributed by atoms with Crippen LogP contribution in [0.25, 0.3) is 0 Å². The minimum absolute atomic E-state index is 0.106. The number of hydrogen-bond acceptors (Lipinski definition) is 7. The van der Waals surface area contributed by atoms with E-state index >= 15 is 0 Å². The lowest BCUT2D eigenvalue weighted by molar-refractivity contribution is 0.104. The Labute approximate surface area is 188 Å². The number of methoxy groups -OCH3 is 2. The Balaban J connectivity index is 1.72. The molecule has 0 aliphatic carbocycles. The molecule has 1 N–H and O–H groups in total. The van der Waals surface area contributed by atoms with Gasteiger partial charge in [0.15, 0.2) is 16.4 Å². The summed E-state index contributed by atoms with van der Waals surface area (Å²) in [5, 5.41) is 4.52. The molecule has 0 spiro atoms. The number of halogens is 1. The second-order valence-electron chi connectivity index (χ2n) is 6.83. The number of Topliss-reactive ketones (excluding diaryl/α,β-unsaturated/α-hetero) is 1. The van der Waals surface area contributed by atoms with Gasteiger partial charge in [-0.15, -0.1) is 11.3 Å². The van der Waals surface area contributed by atoms with Crippen molar-refractivity contribution in [1.29, 1.82) is 0 Å². The minimum atomic E-state index is -4.20. The molecule has 1 aliphatic heterocycles. The average molecular weight is 475 g/mol. The molecule has 32 heavy (non-hydrogen) atoms. The topological polar surface area (TPSA) is 84.9 Å². The van der Waals surface area contributed by atoms with Gasteiger partial charge in [-0.25, -0.2) is 12.8 Å². The van der Waals surface area contributed by atoms with Crippen molar-refractivity contribution < 1.29 is 27.1 Å². The van der Waals surface area contributed by atoms with Gasteiger partial charge >= 0.3 is 0 Å². The molecule has 0 radical (unpaired) electrons. The lowest BCUT2D eigenvalue weighted by atomic mass is 10.2. The van der Waals surface area contributed by atoms with Gasteiger partial charge in [0.2, 0.25) is 5.78 Å². The van der Waals surface area contributed by atoms with Crippen molar-refractivity contribution in [3.8, 4) is 11.5 Å². The molecule has 0 bridgehead atoms. The number of allylic oxidation sites excluding steroid dienone is 1. The molecule has 2 aromatic carbocycles. The first-order chi connectivity index (χ1) is 15.3. The van der Waals surface area contributed by atoms with Crippen molar-refractivity contribution in [2.24, 2.45) is 0 Å². The molecule has 4 rings (SSSR count). The van der Waals surface area contributed by atoms with Crippen LogP contribution in [-0.2, 0) is 16.6 Å². The zero-order valence-corrected chi connectivity index (χ0v) is 18.8. The summed E-state index contributed by atoms with van der Waals surface area (Å²) < 4.78 is 52.0. The molecular weight excluding hydrogens is 455 g/mol. The van der Waals surface area contributed by atoms with Gasteiger partial charge in [0, 0.05) is 18.0 Å². The van der Waals surface area contributed by atoms with E-state index in [0.717, 1.165) is 15.6 Å². The summed E-state index contributed by atoms with van der Waals surface area (Å²) in [6, 6.07) is 12.2. The number of anilines is 2. The third kappa shape index (κ3) is 3.94. The maximum Gasteiger partial charge on any atom is 0.270 e. The van der Waals surface area contributed by atoms with Crippen molar-refractivity contribution in [1.82, 2.24) is 0 Å². The smallest absolute Gasteiger partial charge is 0.270 e. The van der Waals surface area contributed by atoms with Crippen LogP contribution >= 0.6 is 11.3 Å². The molecule has 7 nitrogen and oxygen atoms in total. The number of fused-ring (bicyclic) bond motifs is 1. The van der Waals surface area contributed by atoms with E-state index < -0.39 is 26.5 Å². The molecule has 0 unspecified atom stereocenters. The van der Waals surface area contributed by atoms with Gasteiger partial charge < -0.3 is 14.8 Å². The fourth-order valence-electron chi connectivity index (χ4n) is 3.33. The van der Waals surface area contributed by atoms with E-state index in [1.807, 2.05) is 0 Å². The fourth-order valence-corrected chi connectivity index (χ4v) is 5.82. The van der Waals surface area contributed by atoms with Crippen molar-refractivity contribution in [3.63, 3.8) is 0 Å². The fraction of sp³-hybridized carbons (Fsp3) is 0.136. The third-order valence-electron chi connectivity index (χ3n) is 4.88. The predicted octanol–water partition coefficient (Wildman–Crippen LogP) is 4.39. The zero-order valence-electron chi connectivity index (χ0n) is 17.2. The van der Waals surface area contributed by atoms with Crippen LogP contribution in [0.1, 0.15) is 15.2 Å². The maximum absolute atomic E-state index is 13.7. The van der Waals surface area contributed by atoms with Gasteiger partial charge in [0.05, 0.1) is 26.5 Å². The molecule has 1 aliphatic rings. The summed E-state index contributed by atoms with van der Waals surface area (Å²) in [6.07, 6.45) is 1.17. The van der Waals surface area contributed by atoms with Crippen molar-refractivity contribution >= 4 is 38.5 Å². The number of ketones is 1. The van der Waals surface area contributed by atoms with Gasteiger partial charge in [-0.3, -0.25) is 9.10 Å².